The van der Waals surface area contributed by atoms with Crippen LogP contribution in [0.3, 0.4) is 0 Å². The molecule has 1 saturated heterocycles. The van der Waals surface area contributed by atoms with Gasteiger partial charge in [-0.05, 0) is 72.9 Å². The van der Waals surface area contributed by atoms with Gasteiger partial charge in [-0.1, -0.05) is 86.5 Å². The summed E-state index contributed by atoms with van der Waals surface area (Å²) >= 11 is 0. The normalized spacial score (nSPS) is 30.0. The van der Waals surface area contributed by atoms with Crippen LogP contribution in [0.4, 0.5) is 0 Å². The molecule has 0 saturated carbocycles. The van der Waals surface area contributed by atoms with E-state index in [2.05, 4.69) is 99.8 Å². The quantitative estimate of drug-likeness (QED) is 0.119. The summed E-state index contributed by atoms with van der Waals surface area (Å²) in [7, 11) is -4.02. The van der Waals surface area contributed by atoms with Crippen molar-refractivity contribution >= 4 is 28.6 Å². The van der Waals surface area contributed by atoms with Crippen molar-refractivity contribution in [2.45, 2.75) is 174 Å². The molecule has 1 aliphatic heterocycles. The van der Waals surface area contributed by atoms with Crippen LogP contribution in [-0.2, 0) is 27.9 Å². The number of ether oxygens (including phenoxy) is 2. The van der Waals surface area contributed by atoms with Crippen molar-refractivity contribution in [3.8, 4) is 0 Å². The second-order valence-corrected chi connectivity index (χ2v) is 26.4. The van der Waals surface area contributed by atoms with E-state index in [4.69, 9.17) is 18.3 Å². The highest BCUT2D eigenvalue weighted by molar-refractivity contribution is 6.74. The number of fused-ring (bicyclic) bond motifs is 1. The van der Waals surface area contributed by atoms with E-state index in [9.17, 15) is 9.59 Å². The minimum absolute atomic E-state index is 0.0677. The zero-order valence-corrected chi connectivity index (χ0v) is 32.1. The molecule has 3 rings (SSSR count). The lowest BCUT2D eigenvalue weighted by Gasteiger charge is -2.46. The number of carbonyl (C=O) groups is 2. The number of hydrogen-bond donors (Lipinski definition) is 0. The second kappa shape index (κ2) is 14.7. The van der Waals surface area contributed by atoms with Gasteiger partial charge < -0.3 is 18.3 Å². The lowest BCUT2D eigenvalue weighted by Crippen LogP contribution is -2.48. The fourth-order valence-electron chi connectivity index (χ4n) is 6.44. The third kappa shape index (κ3) is 9.65. The van der Waals surface area contributed by atoms with Crippen LogP contribution in [0.2, 0.25) is 36.3 Å². The number of rotatable bonds is 12. The first-order valence-corrected chi connectivity index (χ1v) is 23.2. The Kier molecular flexibility index (Phi) is 12.4. The molecule has 252 valence electrons. The monoisotopic (exact) mass is 648 g/mol. The lowest BCUT2D eigenvalue weighted by molar-refractivity contribution is -0.161. The number of hydrogen-bond acceptors (Lipinski definition) is 6. The molecule has 0 aromatic rings. The second-order valence-electron chi connectivity index (χ2n) is 16.8. The van der Waals surface area contributed by atoms with Crippen LogP contribution in [0.5, 0.6) is 0 Å². The summed E-state index contributed by atoms with van der Waals surface area (Å²) in [6.07, 6.45) is 13.3. The van der Waals surface area contributed by atoms with Crippen LogP contribution in [-0.4, -0.2) is 53.0 Å². The predicted molar refractivity (Wildman–Crippen MR) is 184 cm³/mol. The van der Waals surface area contributed by atoms with E-state index >= 15 is 0 Å². The van der Waals surface area contributed by atoms with Crippen LogP contribution in [0.15, 0.2) is 23.8 Å². The van der Waals surface area contributed by atoms with Crippen LogP contribution >= 0.6 is 0 Å². The molecule has 0 unspecified atom stereocenters. The fraction of sp³-hybridized carbons (Fsp3) is 0.833. The SMILES string of the molecule is CCCCCC(=O)O[C@H]1C[C@H](O[Si](C)(C)C(C)(C)C)C=C2C=C[C@@H](C)[C@H](CC[C@@H]3C[C@@H](O[Si](C)(C)C(C)(C)C)CC(=O)O3)[C@H]21. The van der Waals surface area contributed by atoms with Gasteiger partial charge in [-0.2, -0.15) is 0 Å². The Balaban J connectivity index is 1.80. The van der Waals surface area contributed by atoms with Gasteiger partial charge in [0.05, 0.1) is 18.6 Å². The molecule has 0 N–H and O–H groups in total. The van der Waals surface area contributed by atoms with Crippen LogP contribution in [0.25, 0.3) is 0 Å². The van der Waals surface area contributed by atoms with Gasteiger partial charge in [-0.3, -0.25) is 9.59 Å². The Morgan fingerprint density at radius 1 is 0.955 bits per heavy atom. The van der Waals surface area contributed by atoms with E-state index in [1.165, 1.54) is 5.57 Å². The molecule has 0 amide bonds. The molecular formula is C36H64O6Si2. The van der Waals surface area contributed by atoms with E-state index in [1.807, 2.05) is 0 Å². The van der Waals surface area contributed by atoms with Gasteiger partial charge >= 0.3 is 11.9 Å². The van der Waals surface area contributed by atoms with E-state index in [-0.39, 0.29) is 58.3 Å². The first-order chi connectivity index (χ1) is 20.2. The molecule has 0 aromatic heterocycles. The molecule has 2 aliphatic carbocycles. The van der Waals surface area contributed by atoms with Crippen molar-refractivity contribution in [1.82, 2.24) is 0 Å². The third-order valence-corrected chi connectivity index (χ3v) is 20.2. The van der Waals surface area contributed by atoms with E-state index < -0.39 is 16.6 Å². The fourth-order valence-corrected chi connectivity index (χ4v) is 9.08. The Morgan fingerprint density at radius 2 is 1.59 bits per heavy atom. The summed E-state index contributed by atoms with van der Waals surface area (Å²) in [6, 6.07) is 0. The predicted octanol–water partition coefficient (Wildman–Crippen LogP) is 9.51. The van der Waals surface area contributed by atoms with Crippen molar-refractivity contribution in [2.24, 2.45) is 17.8 Å². The van der Waals surface area contributed by atoms with Gasteiger partial charge in [0.2, 0.25) is 0 Å². The minimum atomic E-state index is -2.02. The maximum atomic E-state index is 13.1. The number of unbranched alkanes of at least 4 members (excludes halogenated alkanes) is 2. The highest BCUT2D eigenvalue weighted by atomic mass is 28.4. The minimum Gasteiger partial charge on any atom is -0.462 e. The lowest BCUT2D eigenvalue weighted by atomic mass is 9.66. The topological polar surface area (TPSA) is 71.1 Å². The smallest absolute Gasteiger partial charge is 0.308 e. The summed E-state index contributed by atoms with van der Waals surface area (Å²) in [5.74, 6) is 0.486. The molecular weight excluding hydrogens is 585 g/mol. The van der Waals surface area contributed by atoms with Crippen molar-refractivity contribution in [3.05, 3.63) is 23.8 Å². The molecule has 6 nitrogen and oxygen atoms in total. The molecule has 0 spiro atoms. The van der Waals surface area contributed by atoms with Gasteiger partial charge in [-0.25, -0.2) is 0 Å². The maximum absolute atomic E-state index is 13.1. The largest absolute Gasteiger partial charge is 0.462 e. The Bertz CT molecular complexity index is 1050. The van der Waals surface area contributed by atoms with Crippen LogP contribution in [0, 0.1) is 17.8 Å². The molecule has 44 heavy (non-hydrogen) atoms. The molecule has 3 aliphatic rings. The first kappa shape index (κ1) is 37.2. The summed E-state index contributed by atoms with van der Waals surface area (Å²) in [5.41, 5.74) is 1.23. The van der Waals surface area contributed by atoms with E-state index in [1.54, 1.807) is 0 Å². The Labute approximate surface area is 271 Å². The number of allylic oxidation sites excluding steroid dienone is 2. The van der Waals surface area contributed by atoms with Gasteiger partial charge in [0.15, 0.2) is 16.6 Å². The average molecular weight is 649 g/mol. The Hall–Kier alpha value is -1.23. The van der Waals surface area contributed by atoms with Gasteiger partial charge in [0.25, 0.3) is 0 Å². The molecule has 0 bridgehead atoms. The average Bonchev–Trinajstić information content (AvgIpc) is 2.86. The summed E-state index contributed by atoms with van der Waals surface area (Å²) in [6.45, 7) is 27.0. The molecule has 0 aromatic carbocycles. The number of carbonyl (C=O) groups excluding carboxylic acids is 2. The highest BCUT2D eigenvalue weighted by Gasteiger charge is 2.46. The number of esters is 2. The maximum Gasteiger partial charge on any atom is 0.308 e. The standard InChI is InChI=1S/C36H64O6Si2/c1-13-14-15-16-32(37)40-31-23-28(41-43(9,10)35(3,4)5)21-26-18-17-25(2)30(34(26)31)20-19-27-22-29(24-33(38)39-27)42-44(11,12)36(6,7)8/h17-18,21,25,27-31,34H,13-16,19-20,22-24H2,1-12H3/t25-,27-,28-,29-,30+,31+,34+/m1/s1. The third-order valence-electron chi connectivity index (χ3n) is 11.2. The first-order valence-electron chi connectivity index (χ1n) is 17.4. The zero-order chi connectivity index (χ0) is 33.1. The van der Waals surface area contributed by atoms with Crippen molar-refractivity contribution < 1.29 is 27.9 Å². The molecule has 8 heteroatoms. The number of cyclic esters (lactones) is 1. The van der Waals surface area contributed by atoms with E-state index in [0.717, 1.165) is 38.5 Å². The summed E-state index contributed by atoms with van der Waals surface area (Å²) in [4.78, 5) is 25.8. The zero-order valence-electron chi connectivity index (χ0n) is 30.1. The molecule has 7 atom stereocenters. The molecule has 1 heterocycles. The van der Waals surface area contributed by atoms with Gasteiger partial charge in [-0.15, -0.1) is 0 Å². The highest BCUT2D eigenvalue weighted by Crippen LogP contribution is 2.47. The van der Waals surface area contributed by atoms with Crippen molar-refractivity contribution in [2.75, 3.05) is 0 Å². The van der Waals surface area contributed by atoms with Gasteiger partial charge in [0.1, 0.15) is 12.2 Å². The van der Waals surface area contributed by atoms with Crippen LogP contribution in [0.1, 0.15) is 113 Å². The summed E-state index contributed by atoms with van der Waals surface area (Å²) in [5, 5.41) is 0.185. The molecule has 0 radical (unpaired) electrons. The van der Waals surface area contributed by atoms with Crippen LogP contribution < -0.4 is 0 Å². The van der Waals surface area contributed by atoms with E-state index in [0.29, 0.717) is 25.2 Å². The summed E-state index contributed by atoms with van der Waals surface area (Å²) < 4.78 is 25.8. The van der Waals surface area contributed by atoms with Gasteiger partial charge in [0, 0.05) is 25.2 Å². The Morgan fingerprint density at radius 3 is 2.20 bits per heavy atom. The molecule has 1 fully saturated rings. The van der Waals surface area contributed by atoms with Crippen molar-refractivity contribution in [3.63, 3.8) is 0 Å². The van der Waals surface area contributed by atoms with Crippen molar-refractivity contribution in [1.29, 1.82) is 0 Å².